The van der Waals surface area contributed by atoms with E-state index in [-0.39, 0.29) is 5.75 Å². The van der Waals surface area contributed by atoms with Crippen molar-refractivity contribution in [1.82, 2.24) is 9.97 Å². The molecular weight excluding hydrogens is 451 g/mol. The molecule has 1 N–H and O–H groups in total. The number of hydrogen-bond donors (Lipinski definition) is 1. The standard InChI is InChI=1S/C24H20F3N3O4/c1-31-19-11-16(12-20(32-2)22(19)33-3)29-23-28-13-15-5-4-6-18(21(15)30-23)14-7-9-17(10-8-14)34-24(25,26)27/h4-13H,1-3H3,(H,28,29,30). The van der Waals surface area contributed by atoms with Gasteiger partial charge in [-0.15, -0.1) is 13.2 Å². The summed E-state index contributed by atoms with van der Waals surface area (Å²) in [5, 5.41) is 3.89. The smallest absolute Gasteiger partial charge is 0.493 e. The quantitative estimate of drug-likeness (QED) is 0.356. The lowest BCUT2D eigenvalue weighted by molar-refractivity contribution is -0.274. The van der Waals surface area contributed by atoms with E-state index in [1.54, 1.807) is 30.5 Å². The van der Waals surface area contributed by atoms with E-state index >= 15 is 0 Å². The predicted octanol–water partition coefficient (Wildman–Crippen LogP) is 5.96. The summed E-state index contributed by atoms with van der Waals surface area (Å²) in [7, 11) is 4.55. The lowest BCUT2D eigenvalue weighted by Gasteiger charge is -2.15. The minimum atomic E-state index is -4.75. The minimum Gasteiger partial charge on any atom is -0.493 e. The summed E-state index contributed by atoms with van der Waals surface area (Å²) in [5.41, 5.74) is 2.64. The van der Waals surface area contributed by atoms with Crippen LogP contribution >= 0.6 is 0 Å². The normalized spacial score (nSPS) is 11.2. The monoisotopic (exact) mass is 471 g/mol. The average molecular weight is 471 g/mol. The van der Waals surface area contributed by atoms with E-state index in [9.17, 15) is 13.2 Å². The number of aromatic nitrogens is 2. The second-order valence-electron chi connectivity index (χ2n) is 7.05. The van der Waals surface area contributed by atoms with Gasteiger partial charge in [0.2, 0.25) is 11.7 Å². The molecule has 10 heteroatoms. The van der Waals surface area contributed by atoms with Crippen molar-refractivity contribution in [3.8, 4) is 34.1 Å². The summed E-state index contributed by atoms with van der Waals surface area (Å²) in [6.07, 6.45) is -3.09. The van der Waals surface area contributed by atoms with Crippen molar-refractivity contribution in [2.24, 2.45) is 0 Å². The Hall–Kier alpha value is -4.21. The average Bonchev–Trinajstić information content (AvgIpc) is 2.82. The maximum atomic E-state index is 12.5. The molecule has 0 radical (unpaired) electrons. The number of rotatable bonds is 7. The zero-order chi connectivity index (χ0) is 24.3. The Bertz CT molecular complexity index is 1290. The van der Waals surface area contributed by atoms with E-state index in [1.807, 2.05) is 18.2 Å². The molecular formula is C24H20F3N3O4. The highest BCUT2D eigenvalue weighted by molar-refractivity contribution is 5.94. The lowest BCUT2D eigenvalue weighted by Crippen LogP contribution is -2.16. The van der Waals surface area contributed by atoms with Gasteiger partial charge in [-0.05, 0) is 17.7 Å². The lowest BCUT2D eigenvalue weighted by atomic mass is 10.0. The van der Waals surface area contributed by atoms with Crippen LogP contribution in [0.1, 0.15) is 0 Å². The molecule has 4 aromatic rings. The molecule has 0 saturated carbocycles. The molecule has 7 nitrogen and oxygen atoms in total. The van der Waals surface area contributed by atoms with Gasteiger partial charge in [0.1, 0.15) is 5.75 Å². The Balaban J connectivity index is 1.69. The molecule has 0 bridgehead atoms. The predicted molar refractivity (Wildman–Crippen MR) is 121 cm³/mol. The number of methoxy groups -OCH3 is 3. The van der Waals surface area contributed by atoms with Crippen LogP contribution < -0.4 is 24.3 Å². The highest BCUT2D eigenvalue weighted by Gasteiger charge is 2.31. The summed E-state index contributed by atoms with van der Waals surface area (Å²) in [4.78, 5) is 9.00. The molecule has 34 heavy (non-hydrogen) atoms. The van der Waals surface area contributed by atoms with Gasteiger partial charge in [-0.2, -0.15) is 0 Å². The molecule has 0 saturated heterocycles. The second kappa shape index (κ2) is 9.34. The first-order chi connectivity index (χ1) is 16.3. The number of halogens is 3. The van der Waals surface area contributed by atoms with E-state index in [0.29, 0.717) is 40.0 Å². The first kappa shape index (κ1) is 23.0. The Morgan fingerprint density at radius 1 is 0.853 bits per heavy atom. The van der Waals surface area contributed by atoms with Gasteiger partial charge in [0, 0.05) is 35.0 Å². The molecule has 0 fully saturated rings. The maximum Gasteiger partial charge on any atom is 0.573 e. The minimum absolute atomic E-state index is 0.295. The van der Waals surface area contributed by atoms with Crippen molar-refractivity contribution in [1.29, 1.82) is 0 Å². The number of fused-ring (bicyclic) bond motifs is 1. The van der Waals surface area contributed by atoms with Gasteiger partial charge in [-0.25, -0.2) is 9.97 Å². The number of hydrogen-bond acceptors (Lipinski definition) is 7. The topological polar surface area (TPSA) is 74.7 Å². The molecule has 0 amide bonds. The molecule has 0 aliphatic rings. The number of alkyl halides is 3. The van der Waals surface area contributed by atoms with Crippen molar-refractivity contribution in [2.75, 3.05) is 26.6 Å². The van der Waals surface area contributed by atoms with E-state index in [2.05, 4.69) is 20.0 Å². The molecule has 0 unspecified atom stereocenters. The molecule has 1 heterocycles. The summed E-state index contributed by atoms with van der Waals surface area (Å²) in [5.74, 6) is 1.40. The van der Waals surface area contributed by atoms with Crippen LogP contribution in [0.15, 0.2) is 60.8 Å². The SMILES string of the molecule is COc1cc(Nc2ncc3cccc(-c4ccc(OC(F)(F)F)cc4)c3n2)cc(OC)c1OC. The zero-order valence-electron chi connectivity index (χ0n) is 18.4. The van der Waals surface area contributed by atoms with E-state index < -0.39 is 6.36 Å². The third kappa shape index (κ3) is 4.90. The molecule has 0 aliphatic heterocycles. The molecule has 0 atom stereocenters. The van der Waals surface area contributed by atoms with Crippen LogP contribution in [-0.4, -0.2) is 37.7 Å². The van der Waals surface area contributed by atoms with Crippen LogP contribution in [0.3, 0.4) is 0 Å². The maximum absolute atomic E-state index is 12.5. The third-order valence-corrected chi connectivity index (χ3v) is 4.93. The molecule has 1 aromatic heterocycles. The molecule has 4 rings (SSSR count). The van der Waals surface area contributed by atoms with Crippen molar-refractivity contribution in [3.05, 3.63) is 60.8 Å². The van der Waals surface area contributed by atoms with Crippen molar-refractivity contribution in [2.45, 2.75) is 6.36 Å². The van der Waals surface area contributed by atoms with E-state index in [4.69, 9.17) is 14.2 Å². The summed E-state index contributed by atoms with van der Waals surface area (Å²) in [6, 6.07) is 14.6. The highest BCUT2D eigenvalue weighted by Crippen LogP contribution is 2.40. The van der Waals surface area contributed by atoms with Crippen LogP contribution in [0.4, 0.5) is 24.8 Å². The Morgan fingerprint density at radius 3 is 2.12 bits per heavy atom. The fourth-order valence-corrected chi connectivity index (χ4v) is 3.47. The highest BCUT2D eigenvalue weighted by atomic mass is 19.4. The van der Waals surface area contributed by atoms with Gasteiger partial charge in [-0.1, -0.05) is 30.3 Å². The van der Waals surface area contributed by atoms with E-state index in [1.165, 1.54) is 33.5 Å². The third-order valence-electron chi connectivity index (χ3n) is 4.93. The van der Waals surface area contributed by atoms with Gasteiger partial charge in [-0.3, -0.25) is 0 Å². The van der Waals surface area contributed by atoms with Crippen LogP contribution in [0, 0.1) is 0 Å². The van der Waals surface area contributed by atoms with Gasteiger partial charge in [0.05, 0.1) is 26.8 Å². The van der Waals surface area contributed by atoms with Gasteiger partial charge < -0.3 is 24.3 Å². The number of ether oxygens (including phenoxy) is 4. The largest absolute Gasteiger partial charge is 0.573 e. The Morgan fingerprint density at radius 2 is 1.53 bits per heavy atom. The first-order valence-corrected chi connectivity index (χ1v) is 10.0. The summed E-state index contributed by atoms with van der Waals surface area (Å²) < 4.78 is 57.4. The van der Waals surface area contributed by atoms with Crippen LogP contribution in [0.5, 0.6) is 23.0 Å². The fourth-order valence-electron chi connectivity index (χ4n) is 3.47. The Labute approximate surface area is 193 Å². The first-order valence-electron chi connectivity index (χ1n) is 10.0. The van der Waals surface area contributed by atoms with Crippen molar-refractivity contribution in [3.63, 3.8) is 0 Å². The number of nitrogens with one attached hydrogen (secondary N) is 1. The summed E-state index contributed by atoms with van der Waals surface area (Å²) in [6.45, 7) is 0. The van der Waals surface area contributed by atoms with Gasteiger partial charge in [0.15, 0.2) is 11.5 Å². The van der Waals surface area contributed by atoms with Crippen LogP contribution in [0.2, 0.25) is 0 Å². The van der Waals surface area contributed by atoms with E-state index in [0.717, 1.165) is 10.9 Å². The number of nitrogens with zero attached hydrogens (tertiary/aromatic N) is 2. The van der Waals surface area contributed by atoms with Gasteiger partial charge >= 0.3 is 6.36 Å². The van der Waals surface area contributed by atoms with Crippen LogP contribution in [-0.2, 0) is 0 Å². The molecule has 0 aliphatic carbocycles. The van der Waals surface area contributed by atoms with Crippen molar-refractivity contribution < 1.29 is 32.1 Å². The number of para-hydroxylation sites is 1. The van der Waals surface area contributed by atoms with Crippen molar-refractivity contribution >= 4 is 22.5 Å². The summed E-state index contributed by atoms with van der Waals surface area (Å²) >= 11 is 0. The second-order valence-corrected chi connectivity index (χ2v) is 7.05. The number of anilines is 2. The molecule has 176 valence electrons. The zero-order valence-corrected chi connectivity index (χ0v) is 18.4. The fraction of sp³-hybridized carbons (Fsp3) is 0.167. The molecule has 3 aromatic carbocycles. The molecule has 0 spiro atoms. The number of benzene rings is 3. The van der Waals surface area contributed by atoms with Crippen LogP contribution in [0.25, 0.3) is 22.0 Å². The Kier molecular flexibility index (Phi) is 6.31. The van der Waals surface area contributed by atoms with Gasteiger partial charge in [0.25, 0.3) is 0 Å².